The van der Waals surface area contributed by atoms with Crippen LogP contribution >= 0.6 is 11.8 Å². The standard InChI is InChI=1S/C13H20N2O2S/c1-10(16)9-18-12-5-3-11(4-6-12)13(17)15(2)8-7-14/h3-6,13,17H,7-9,14H2,1-2H3. The molecule has 0 bridgehead atoms. The van der Waals surface area contributed by atoms with Gasteiger partial charge in [-0.25, -0.2) is 0 Å². The molecule has 0 aliphatic heterocycles. The van der Waals surface area contributed by atoms with Gasteiger partial charge in [-0.15, -0.1) is 11.8 Å². The summed E-state index contributed by atoms with van der Waals surface area (Å²) in [6.07, 6.45) is -0.639. The Hall–Kier alpha value is -0.880. The first-order valence-electron chi connectivity index (χ1n) is 5.85. The molecule has 5 heteroatoms. The molecule has 0 aliphatic carbocycles. The van der Waals surface area contributed by atoms with Gasteiger partial charge < -0.3 is 10.8 Å². The maximum atomic E-state index is 10.9. The molecule has 1 rings (SSSR count). The van der Waals surface area contributed by atoms with Gasteiger partial charge >= 0.3 is 0 Å². The third-order valence-corrected chi connectivity index (χ3v) is 3.68. The molecule has 1 aromatic carbocycles. The monoisotopic (exact) mass is 268 g/mol. The highest BCUT2D eigenvalue weighted by atomic mass is 32.2. The summed E-state index contributed by atoms with van der Waals surface area (Å²) in [6.45, 7) is 2.73. The average Bonchev–Trinajstić information content (AvgIpc) is 2.36. The number of carbonyl (C=O) groups is 1. The van der Waals surface area contributed by atoms with Crippen LogP contribution in [0.15, 0.2) is 29.2 Å². The quantitative estimate of drug-likeness (QED) is 0.575. The molecule has 0 fully saturated rings. The molecule has 100 valence electrons. The number of aliphatic hydroxyl groups is 1. The lowest BCUT2D eigenvalue weighted by molar-refractivity contribution is -0.114. The zero-order valence-corrected chi connectivity index (χ0v) is 11.6. The van der Waals surface area contributed by atoms with Crippen molar-refractivity contribution in [3.63, 3.8) is 0 Å². The number of nitrogens with zero attached hydrogens (tertiary/aromatic N) is 1. The Morgan fingerprint density at radius 2 is 2.06 bits per heavy atom. The van der Waals surface area contributed by atoms with Gasteiger partial charge in [0.15, 0.2) is 0 Å². The molecule has 4 nitrogen and oxygen atoms in total. The second-order valence-corrected chi connectivity index (χ2v) is 5.25. The van der Waals surface area contributed by atoms with Gasteiger partial charge in [0.25, 0.3) is 0 Å². The molecule has 18 heavy (non-hydrogen) atoms. The van der Waals surface area contributed by atoms with E-state index in [1.807, 2.05) is 31.3 Å². The van der Waals surface area contributed by atoms with Crippen LogP contribution in [-0.2, 0) is 4.79 Å². The number of nitrogens with two attached hydrogens (primary N) is 1. The molecule has 0 amide bonds. The third kappa shape index (κ3) is 4.78. The largest absolute Gasteiger partial charge is 0.374 e. The van der Waals surface area contributed by atoms with E-state index in [4.69, 9.17) is 5.73 Å². The van der Waals surface area contributed by atoms with Crippen LogP contribution in [-0.4, -0.2) is 41.7 Å². The molecule has 0 heterocycles. The fourth-order valence-electron chi connectivity index (χ4n) is 1.50. The van der Waals surface area contributed by atoms with Crippen molar-refractivity contribution in [3.8, 4) is 0 Å². The lowest BCUT2D eigenvalue weighted by Crippen LogP contribution is -2.29. The zero-order valence-electron chi connectivity index (χ0n) is 10.8. The Morgan fingerprint density at radius 3 is 2.56 bits per heavy atom. The molecule has 1 atom stereocenters. The van der Waals surface area contributed by atoms with Crippen LogP contribution in [0.3, 0.4) is 0 Å². The van der Waals surface area contributed by atoms with Crippen molar-refractivity contribution >= 4 is 17.5 Å². The smallest absolute Gasteiger partial charge is 0.140 e. The highest BCUT2D eigenvalue weighted by Crippen LogP contribution is 2.22. The Labute approximate surface area is 112 Å². The normalized spacial score (nSPS) is 12.7. The van der Waals surface area contributed by atoms with E-state index >= 15 is 0 Å². The second kappa shape index (κ2) is 7.53. The van der Waals surface area contributed by atoms with Gasteiger partial charge in [0.05, 0.1) is 5.75 Å². The minimum Gasteiger partial charge on any atom is -0.374 e. The number of Topliss-reactive ketones (excluding diaryl/α,β-unsaturated/α-hetero) is 1. The van der Waals surface area contributed by atoms with E-state index in [-0.39, 0.29) is 5.78 Å². The van der Waals surface area contributed by atoms with Gasteiger partial charge in [0.2, 0.25) is 0 Å². The summed E-state index contributed by atoms with van der Waals surface area (Å²) >= 11 is 1.50. The van der Waals surface area contributed by atoms with E-state index in [1.165, 1.54) is 11.8 Å². The van der Waals surface area contributed by atoms with Gasteiger partial charge in [-0.1, -0.05) is 12.1 Å². The van der Waals surface area contributed by atoms with Crippen molar-refractivity contribution in [2.75, 3.05) is 25.9 Å². The molecule has 0 aliphatic rings. The van der Waals surface area contributed by atoms with Crippen LogP contribution in [0, 0.1) is 0 Å². The van der Waals surface area contributed by atoms with Crippen LogP contribution in [0.25, 0.3) is 0 Å². The molecule has 0 radical (unpaired) electrons. The Morgan fingerprint density at radius 1 is 1.44 bits per heavy atom. The molecule has 0 aromatic heterocycles. The van der Waals surface area contributed by atoms with Crippen LogP contribution < -0.4 is 5.73 Å². The van der Waals surface area contributed by atoms with Crippen molar-refractivity contribution in [3.05, 3.63) is 29.8 Å². The van der Waals surface area contributed by atoms with Crippen LogP contribution in [0.1, 0.15) is 18.7 Å². The van der Waals surface area contributed by atoms with Gasteiger partial charge in [-0.3, -0.25) is 9.69 Å². The number of thioether (sulfide) groups is 1. The maximum Gasteiger partial charge on any atom is 0.140 e. The minimum atomic E-state index is -0.639. The van der Waals surface area contributed by atoms with E-state index in [9.17, 15) is 9.90 Å². The number of benzene rings is 1. The number of rotatable bonds is 7. The summed E-state index contributed by atoms with van der Waals surface area (Å²) in [6, 6.07) is 7.59. The Balaban J connectivity index is 2.61. The van der Waals surface area contributed by atoms with Crippen molar-refractivity contribution in [2.24, 2.45) is 5.73 Å². The molecule has 0 saturated heterocycles. The van der Waals surface area contributed by atoms with Gasteiger partial charge in [0.1, 0.15) is 12.0 Å². The third-order valence-electron chi connectivity index (χ3n) is 2.52. The first-order chi connectivity index (χ1) is 8.54. The van der Waals surface area contributed by atoms with Crippen LogP contribution in [0.2, 0.25) is 0 Å². The van der Waals surface area contributed by atoms with Crippen LogP contribution in [0.4, 0.5) is 0 Å². The summed E-state index contributed by atoms with van der Waals surface area (Å²) in [4.78, 5) is 13.7. The van der Waals surface area contributed by atoms with Gasteiger partial charge in [-0.2, -0.15) is 0 Å². The first-order valence-corrected chi connectivity index (χ1v) is 6.83. The second-order valence-electron chi connectivity index (χ2n) is 4.20. The van der Waals surface area contributed by atoms with Crippen molar-refractivity contribution in [1.29, 1.82) is 0 Å². The van der Waals surface area contributed by atoms with Crippen molar-refractivity contribution in [2.45, 2.75) is 18.0 Å². The summed E-state index contributed by atoms with van der Waals surface area (Å²) in [5.41, 5.74) is 6.28. The Kier molecular flexibility index (Phi) is 6.35. The number of likely N-dealkylation sites (N-methyl/N-ethyl adjacent to an activating group) is 1. The summed E-state index contributed by atoms with van der Waals surface area (Å²) in [5.74, 6) is 0.640. The molecule has 0 saturated carbocycles. The number of hydrogen-bond acceptors (Lipinski definition) is 5. The molecule has 3 N–H and O–H groups in total. The number of hydrogen-bond donors (Lipinski definition) is 2. The average molecular weight is 268 g/mol. The van der Waals surface area contributed by atoms with E-state index in [0.29, 0.717) is 18.8 Å². The fraction of sp³-hybridized carbons (Fsp3) is 0.462. The predicted molar refractivity (Wildman–Crippen MR) is 74.5 cm³/mol. The summed E-state index contributed by atoms with van der Waals surface area (Å²) in [7, 11) is 1.83. The number of carbonyl (C=O) groups excluding carboxylic acids is 1. The Bertz CT molecular complexity index is 381. The molecule has 1 aromatic rings. The zero-order chi connectivity index (χ0) is 13.5. The first kappa shape index (κ1) is 15.2. The maximum absolute atomic E-state index is 10.9. The molecule has 0 spiro atoms. The fourth-order valence-corrected chi connectivity index (χ4v) is 2.20. The van der Waals surface area contributed by atoms with E-state index in [2.05, 4.69) is 0 Å². The number of aliphatic hydroxyl groups excluding tert-OH is 1. The number of ketones is 1. The molecule has 1 unspecified atom stereocenters. The highest BCUT2D eigenvalue weighted by molar-refractivity contribution is 8.00. The van der Waals surface area contributed by atoms with Gasteiger partial charge in [-0.05, 0) is 31.7 Å². The summed E-state index contributed by atoms with van der Waals surface area (Å²) < 4.78 is 0. The molecular weight excluding hydrogens is 248 g/mol. The lowest BCUT2D eigenvalue weighted by atomic mass is 10.2. The highest BCUT2D eigenvalue weighted by Gasteiger charge is 2.12. The molecular formula is C13H20N2O2S. The topological polar surface area (TPSA) is 66.6 Å². The predicted octanol–water partition coefficient (Wildman–Crippen LogP) is 1.25. The van der Waals surface area contributed by atoms with Crippen LogP contribution in [0.5, 0.6) is 0 Å². The van der Waals surface area contributed by atoms with E-state index in [0.717, 1.165) is 10.5 Å². The minimum absolute atomic E-state index is 0.159. The van der Waals surface area contributed by atoms with Gasteiger partial charge in [0, 0.05) is 18.0 Å². The SMILES string of the molecule is CC(=O)CSc1ccc(C(O)N(C)CCN)cc1. The summed E-state index contributed by atoms with van der Waals surface area (Å²) in [5, 5.41) is 10.0. The van der Waals surface area contributed by atoms with Crippen molar-refractivity contribution in [1.82, 2.24) is 4.90 Å². The lowest BCUT2D eigenvalue weighted by Gasteiger charge is -2.23. The van der Waals surface area contributed by atoms with E-state index in [1.54, 1.807) is 11.8 Å². The van der Waals surface area contributed by atoms with Crippen molar-refractivity contribution < 1.29 is 9.90 Å². The van der Waals surface area contributed by atoms with E-state index < -0.39 is 6.23 Å².